The Morgan fingerprint density at radius 2 is 1.88 bits per heavy atom. The monoisotopic (exact) mass is 462 g/mol. The van der Waals surface area contributed by atoms with Crippen LogP contribution in [0.2, 0.25) is 0 Å². The standard InChI is InChI=1S/C24H30N8O2/c1-2-3-11-20-30-21-22(15-8-4-5-9-17(15)29-23(21)25)32(20)34-14-7-6-10-18-16(24(26)33)12-13-19(28-18)31-27/h4-5,8-9,12-13H,2-3,6-7,10-11,14,27H2,1H3,(H2,25,29)(H2,26,33)(H,28,31). The van der Waals surface area contributed by atoms with E-state index in [4.69, 9.17) is 27.1 Å². The molecule has 178 valence electrons. The average Bonchev–Trinajstić information content (AvgIpc) is 3.21. The van der Waals surface area contributed by atoms with Gasteiger partial charge in [0.1, 0.15) is 29.3 Å². The normalized spacial score (nSPS) is 11.2. The van der Waals surface area contributed by atoms with Crippen molar-refractivity contribution in [2.45, 2.75) is 45.4 Å². The summed E-state index contributed by atoms with van der Waals surface area (Å²) in [5, 5.41) is 0.948. The summed E-state index contributed by atoms with van der Waals surface area (Å²) in [6, 6.07) is 11.1. The van der Waals surface area contributed by atoms with Gasteiger partial charge in [-0.05, 0) is 43.9 Å². The Labute approximate surface area is 197 Å². The van der Waals surface area contributed by atoms with Gasteiger partial charge in [-0.25, -0.2) is 20.8 Å². The average molecular weight is 463 g/mol. The highest BCUT2D eigenvalue weighted by molar-refractivity contribution is 6.06. The first-order chi connectivity index (χ1) is 16.5. The lowest BCUT2D eigenvalue weighted by Crippen LogP contribution is -2.18. The molecule has 4 aromatic rings. The molecule has 1 aromatic carbocycles. The predicted octanol–water partition coefficient (Wildman–Crippen LogP) is 2.74. The van der Waals surface area contributed by atoms with E-state index >= 15 is 0 Å². The summed E-state index contributed by atoms with van der Waals surface area (Å²) >= 11 is 0. The smallest absolute Gasteiger partial charge is 0.250 e. The van der Waals surface area contributed by atoms with E-state index < -0.39 is 5.91 Å². The highest BCUT2D eigenvalue weighted by Crippen LogP contribution is 2.28. The molecule has 7 N–H and O–H groups in total. The molecule has 3 heterocycles. The number of hydrogen-bond acceptors (Lipinski definition) is 8. The predicted molar refractivity (Wildman–Crippen MR) is 133 cm³/mol. The Morgan fingerprint density at radius 1 is 1.06 bits per heavy atom. The number of hydrogen-bond donors (Lipinski definition) is 4. The van der Waals surface area contributed by atoms with Gasteiger partial charge in [-0.1, -0.05) is 31.5 Å². The van der Waals surface area contributed by atoms with Crippen LogP contribution in [0.4, 0.5) is 11.6 Å². The number of aromatic nitrogens is 4. The summed E-state index contributed by atoms with van der Waals surface area (Å²) in [5.41, 5.74) is 17.5. The lowest BCUT2D eigenvalue weighted by molar-refractivity contribution is 0.0998. The maximum absolute atomic E-state index is 11.7. The first-order valence-corrected chi connectivity index (χ1v) is 11.5. The molecule has 34 heavy (non-hydrogen) atoms. The maximum atomic E-state index is 11.7. The van der Waals surface area contributed by atoms with Gasteiger partial charge in [0, 0.05) is 11.8 Å². The van der Waals surface area contributed by atoms with Crippen molar-refractivity contribution in [1.82, 2.24) is 19.7 Å². The molecule has 0 unspecified atom stereocenters. The van der Waals surface area contributed by atoms with Crippen LogP contribution in [-0.4, -0.2) is 32.2 Å². The quantitative estimate of drug-likeness (QED) is 0.150. The largest absolute Gasteiger partial charge is 0.412 e. The second-order valence-corrected chi connectivity index (χ2v) is 8.13. The molecule has 0 spiro atoms. The highest BCUT2D eigenvalue weighted by atomic mass is 16.7. The van der Waals surface area contributed by atoms with Crippen LogP contribution >= 0.6 is 0 Å². The molecule has 3 aromatic heterocycles. The summed E-state index contributed by atoms with van der Waals surface area (Å²) < 4.78 is 1.82. The minimum absolute atomic E-state index is 0.396. The van der Waals surface area contributed by atoms with Crippen LogP contribution in [0, 0.1) is 0 Å². The van der Waals surface area contributed by atoms with E-state index in [0.717, 1.165) is 54.3 Å². The number of aryl methyl sites for hydroxylation is 2. The number of imidazole rings is 1. The second-order valence-electron chi connectivity index (χ2n) is 8.13. The molecule has 0 aliphatic rings. The van der Waals surface area contributed by atoms with Gasteiger partial charge in [0.15, 0.2) is 5.82 Å². The minimum atomic E-state index is -0.508. The zero-order valence-corrected chi connectivity index (χ0v) is 19.3. The van der Waals surface area contributed by atoms with Crippen LogP contribution in [-0.2, 0) is 12.8 Å². The number of benzene rings is 1. The van der Waals surface area contributed by atoms with Gasteiger partial charge in [0.2, 0.25) is 0 Å². The number of nitrogens with two attached hydrogens (primary N) is 3. The molecule has 10 nitrogen and oxygen atoms in total. The number of rotatable bonds is 11. The van der Waals surface area contributed by atoms with Crippen LogP contribution in [0.3, 0.4) is 0 Å². The summed E-state index contributed by atoms with van der Waals surface area (Å²) in [7, 11) is 0. The van der Waals surface area contributed by atoms with Gasteiger partial charge >= 0.3 is 0 Å². The minimum Gasteiger partial charge on any atom is -0.412 e. The first-order valence-electron chi connectivity index (χ1n) is 11.5. The van der Waals surface area contributed by atoms with Crippen LogP contribution in [0.15, 0.2) is 36.4 Å². The Bertz CT molecular complexity index is 1320. The SMILES string of the molecule is CCCCc1nc2c(N)nc3ccccc3c2n1OCCCCc1nc(NN)ccc1C(N)=O. The zero-order chi connectivity index (χ0) is 24.1. The molecule has 0 radical (unpaired) electrons. The van der Waals surface area contributed by atoms with Crippen molar-refractivity contribution < 1.29 is 9.63 Å². The van der Waals surface area contributed by atoms with Crippen molar-refractivity contribution in [2.75, 3.05) is 17.8 Å². The molecule has 0 atom stereocenters. The van der Waals surface area contributed by atoms with Crippen molar-refractivity contribution in [1.29, 1.82) is 0 Å². The van der Waals surface area contributed by atoms with E-state index in [9.17, 15) is 4.79 Å². The lowest BCUT2D eigenvalue weighted by Gasteiger charge is -2.13. The lowest BCUT2D eigenvalue weighted by atomic mass is 10.1. The van der Waals surface area contributed by atoms with Gasteiger partial charge in [0.05, 0.1) is 16.8 Å². The second kappa shape index (κ2) is 10.3. The Kier molecular flexibility index (Phi) is 7.07. The molecule has 0 saturated carbocycles. The summed E-state index contributed by atoms with van der Waals surface area (Å²) in [6.45, 7) is 2.60. The number of carbonyl (C=O) groups is 1. The number of nitrogens with one attached hydrogen (secondary N) is 1. The number of nitrogens with zero attached hydrogens (tertiary/aromatic N) is 4. The number of carbonyl (C=O) groups excluding carboxylic acids is 1. The number of anilines is 2. The third-order valence-corrected chi connectivity index (χ3v) is 5.72. The Balaban J connectivity index is 1.53. The van der Waals surface area contributed by atoms with E-state index in [0.29, 0.717) is 41.4 Å². The Hall–Kier alpha value is -3.92. The molecule has 1 amide bonds. The number of unbranched alkanes of at least 4 members (excludes halogenated alkanes) is 2. The number of fused-ring (bicyclic) bond motifs is 3. The molecule has 4 rings (SSSR count). The first kappa shape index (κ1) is 23.2. The summed E-state index contributed by atoms with van der Waals surface area (Å²) in [5.74, 6) is 6.66. The molecule has 0 bridgehead atoms. The highest BCUT2D eigenvalue weighted by Gasteiger charge is 2.18. The number of nitrogen functional groups attached to an aromatic ring is 2. The molecule has 0 aliphatic heterocycles. The van der Waals surface area contributed by atoms with Crippen LogP contribution in [0.25, 0.3) is 21.9 Å². The zero-order valence-electron chi connectivity index (χ0n) is 19.3. The third kappa shape index (κ3) is 4.72. The number of primary amides is 1. The fraction of sp³-hybridized carbons (Fsp3) is 0.333. The van der Waals surface area contributed by atoms with Crippen LogP contribution in [0.1, 0.15) is 54.5 Å². The molecule has 0 saturated heterocycles. The van der Waals surface area contributed by atoms with Gasteiger partial charge in [-0.3, -0.25) is 4.79 Å². The fourth-order valence-corrected chi connectivity index (χ4v) is 4.00. The number of pyridine rings is 2. The van der Waals surface area contributed by atoms with E-state index in [1.54, 1.807) is 12.1 Å². The van der Waals surface area contributed by atoms with E-state index in [1.165, 1.54) is 0 Å². The molecule has 0 fully saturated rings. The molecule has 10 heteroatoms. The Morgan fingerprint density at radius 3 is 2.65 bits per heavy atom. The van der Waals surface area contributed by atoms with Gasteiger partial charge in [-0.2, -0.15) is 4.73 Å². The third-order valence-electron chi connectivity index (χ3n) is 5.72. The molecule has 0 aliphatic carbocycles. The van der Waals surface area contributed by atoms with E-state index in [-0.39, 0.29) is 0 Å². The summed E-state index contributed by atoms with van der Waals surface area (Å²) in [4.78, 5) is 31.6. The fourth-order valence-electron chi connectivity index (χ4n) is 4.00. The van der Waals surface area contributed by atoms with E-state index in [1.807, 2.05) is 29.0 Å². The van der Waals surface area contributed by atoms with Crippen LogP contribution < -0.4 is 27.6 Å². The van der Waals surface area contributed by atoms with Gasteiger partial charge in [0.25, 0.3) is 5.91 Å². The number of amides is 1. The van der Waals surface area contributed by atoms with Crippen molar-refractivity contribution in [3.05, 3.63) is 53.5 Å². The maximum Gasteiger partial charge on any atom is 0.250 e. The van der Waals surface area contributed by atoms with Crippen molar-refractivity contribution in [3.8, 4) is 0 Å². The van der Waals surface area contributed by atoms with Gasteiger partial charge < -0.3 is 21.7 Å². The van der Waals surface area contributed by atoms with Crippen molar-refractivity contribution in [2.24, 2.45) is 11.6 Å². The molecular formula is C24H30N8O2. The van der Waals surface area contributed by atoms with Crippen LogP contribution in [0.5, 0.6) is 0 Å². The summed E-state index contributed by atoms with van der Waals surface area (Å²) in [6.07, 6.45) is 4.89. The number of para-hydroxylation sites is 1. The van der Waals surface area contributed by atoms with Gasteiger partial charge in [-0.15, -0.1) is 0 Å². The topological polar surface area (TPSA) is 160 Å². The van der Waals surface area contributed by atoms with Crippen molar-refractivity contribution in [3.63, 3.8) is 0 Å². The number of hydrazine groups is 1. The van der Waals surface area contributed by atoms with Crippen molar-refractivity contribution >= 4 is 39.5 Å². The molecular weight excluding hydrogens is 432 g/mol. The van der Waals surface area contributed by atoms with E-state index in [2.05, 4.69) is 22.3 Å².